The molecular weight excluding hydrogens is 347 g/mol. The molecule has 0 radical (unpaired) electrons. The van der Waals surface area contributed by atoms with Crippen molar-refractivity contribution in [1.82, 2.24) is 0 Å². The molecule has 26 heavy (non-hydrogen) atoms. The van der Waals surface area contributed by atoms with Crippen LogP contribution in [0.4, 0.5) is 4.39 Å². The smallest absolute Gasteiger partial charge is 0.141 e. The summed E-state index contributed by atoms with van der Waals surface area (Å²) in [5.74, 6) is 2.41. The van der Waals surface area contributed by atoms with Gasteiger partial charge in [0.05, 0.1) is 17.7 Å². The fourth-order valence-corrected chi connectivity index (χ4v) is 5.08. The Bertz CT molecular complexity index is 572. The molecule has 2 fully saturated rings. The summed E-state index contributed by atoms with van der Waals surface area (Å²) >= 11 is 5.84. The summed E-state index contributed by atoms with van der Waals surface area (Å²) < 4.78 is 19.3. The fourth-order valence-electron chi connectivity index (χ4n) is 4.87. The van der Waals surface area contributed by atoms with Crippen molar-refractivity contribution in [2.45, 2.75) is 76.9 Å². The first-order valence-electron chi connectivity index (χ1n) is 10.3. The largest absolute Gasteiger partial charge is 0.374 e. The van der Waals surface area contributed by atoms with Crippen molar-refractivity contribution < 1.29 is 9.13 Å². The molecule has 0 N–H and O–H groups in total. The van der Waals surface area contributed by atoms with Gasteiger partial charge in [-0.05, 0) is 86.8 Å². The van der Waals surface area contributed by atoms with E-state index < -0.39 is 0 Å². The van der Waals surface area contributed by atoms with Crippen molar-refractivity contribution in [3.8, 4) is 0 Å². The molecule has 0 spiro atoms. The van der Waals surface area contributed by atoms with Crippen molar-refractivity contribution in [2.75, 3.05) is 0 Å². The Morgan fingerprint density at radius 3 is 2.31 bits per heavy atom. The molecule has 0 aliphatic heterocycles. The molecule has 144 valence electrons. The Hall–Kier alpha value is -0.860. The maximum absolute atomic E-state index is 13.2. The first kappa shape index (κ1) is 19.9. The Kier molecular flexibility index (Phi) is 7.57. The van der Waals surface area contributed by atoms with E-state index in [0.29, 0.717) is 12.7 Å². The molecule has 1 aromatic carbocycles. The number of rotatable bonds is 7. The van der Waals surface area contributed by atoms with E-state index in [1.807, 2.05) is 0 Å². The molecule has 2 saturated carbocycles. The number of halogens is 2. The molecule has 0 aromatic heterocycles. The highest BCUT2D eigenvalue weighted by Crippen LogP contribution is 2.41. The average molecular weight is 379 g/mol. The maximum Gasteiger partial charge on any atom is 0.141 e. The van der Waals surface area contributed by atoms with Crippen LogP contribution in [0.25, 0.3) is 0 Å². The van der Waals surface area contributed by atoms with Crippen LogP contribution in [0.15, 0.2) is 30.9 Å². The molecule has 1 aromatic rings. The van der Waals surface area contributed by atoms with E-state index in [2.05, 4.69) is 12.7 Å². The van der Waals surface area contributed by atoms with Crippen molar-refractivity contribution in [3.05, 3.63) is 47.3 Å². The summed E-state index contributed by atoms with van der Waals surface area (Å²) in [6.07, 6.45) is 15.5. The van der Waals surface area contributed by atoms with Gasteiger partial charge >= 0.3 is 0 Å². The van der Waals surface area contributed by atoms with E-state index in [1.54, 1.807) is 12.1 Å². The standard InChI is InChI=1S/C23H32ClFO/c1-2-3-4-17-5-8-19(9-6-17)20-10-12-21(13-11-20)26-16-18-7-14-23(25)22(24)15-18/h2,7,14-15,17,19-21H,1,3-6,8-13,16H2/t17-,19-,20-,21-. The van der Waals surface area contributed by atoms with Crippen LogP contribution in [0, 0.1) is 23.6 Å². The summed E-state index contributed by atoms with van der Waals surface area (Å²) in [4.78, 5) is 0. The van der Waals surface area contributed by atoms with Gasteiger partial charge in [-0.25, -0.2) is 4.39 Å². The highest BCUT2D eigenvalue weighted by molar-refractivity contribution is 6.30. The maximum atomic E-state index is 13.2. The molecule has 3 heteroatoms. The molecule has 3 rings (SSSR count). The molecule has 0 amide bonds. The SMILES string of the molecule is C=CCC[C@H]1CC[C@H]([C@H]2CC[C@H](OCc3ccc(F)c(Cl)c3)CC2)CC1. The van der Waals surface area contributed by atoms with Crippen LogP contribution in [0.2, 0.25) is 5.02 Å². The second kappa shape index (κ2) is 9.90. The van der Waals surface area contributed by atoms with Gasteiger partial charge in [0.1, 0.15) is 5.82 Å². The zero-order valence-corrected chi connectivity index (χ0v) is 16.5. The number of ether oxygens (including phenoxy) is 1. The number of hydrogen-bond acceptors (Lipinski definition) is 1. The Labute approximate surface area is 163 Å². The summed E-state index contributed by atoms with van der Waals surface area (Å²) in [5, 5.41) is 0.179. The van der Waals surface area contributed by atoms with E-state index in [0.717, 1.165) is 36.2 Å². The summed E-state index contributed by atoms with van der Waals surface area (Å²) in [7, 11) is 0. The lowest BCUT2D eigenvalue weighted by Gasteiger charge is -2.37. The molecular formula is C23H32ClFO. The number of benzene rings is 1. The minimum Gasteiger partial charge on any atom is -0.374 e. The minimum atomic E-state index is -0.366. The third kappa shape index (κ3) is 5.57. The quantitative estimate of drug-likeness (QED) is 0.451. The molecule has 1 nitrogen and oxygen atoms in total. The monoisotopic (exact) mass is 378 g/mol. The third-order valence-electron chi connectivity index (χ3n) is 6.53. The summed E-state index contributed by atoms with van der Waals surface area (Å²) in [6.45, 7) is 4.38. The van der Waals surface area contributed by atoms with Crippen molar-refractivity contribution in [3.63, 3.8) is 0 Å². The highest BCUT2D eigenvalue weighted by atomic mass is 35.5. The third-order valence-corrected chi connectivity index (χ3v) is 6.82. The van der Waals surface area contributed by atoms with E-state index >= 15 is 0 Å². The van der Waals surface area contributed by atoms with E-state index in [-0.39, 0.29) is 10.8 Å². The first-order valence-corrected chi connectivity index (χ1v) is 10.7. The van der Waals surface area contributed by atoms with Gasteiger partial charge in [0.2, 0.25) is 0 Å². The van der Waals surface area contributed by atoms with Crippen molar-refractivity contribution in [2.24, 2.45) is 17.8 Å². The number of allylic oxidation sites excluding steroid dienone is 1. The highest BCUT2D eigenvalue weighted by Gasteiger charge is 2.30. The second-order valence-corrected chi connectivity index (χ2v) is 8.65. The lowest BCUT2D eigenvalue weighted by molar-refractivity contribution is -0.00283. The van der Waals surface area contributed by atoms with Gasteiger partial charge in [0, 0.05) is 0 Å². The summed E-state index contributed by atoms with van der Waals surface area (Å²) in [5.41, 5.74) is 0.955. The van der Waals surface area contributed by atoms with Gasteiger partial charge in [0.15, 0.2) is 0 Å². The van der Waals surface area contributed by atoms with Crippen LogP contribution in [-0.2, 0) is 11.3 Å². The molecule has 0 atom stereocenters. The van der Waals surface area contributed by atoms with Crippen LogP contribution in [0.3, 0.4) is 0 Å². The van der Waals surface area contributed by atoms with Crippen LogP contribution >= 0.6 is 11.6 Å². The normalized spacial score (nSPS) is 29.5. The van der Waals surface area contributed by atoms with Crippen LogP contribution in [0.1, 0.15) is 69.8 Å². The first-order chi connectivity index (χ1) is 12.7. The van der Waals surface area contributed by atoms with Crippen molar-refractivity contribution in [1.29, 1.82) is 0 Å². The van der Waals surface area contributed by atoms with Gasteiger partial charge in [-0.3, -0.25) is 0 Å². The summed E-state index contributed by atoms with van der Waals surface area (Å²) in [6, 6.07) is 4.86. The lowest BCUT2D eigenvalue weighted by atomic mass is 9.70. The molecule has 0 heterocycles. The predicted octanol–water partition coefficient (Wildman–Crippen LogP) is 7.33. The van der Waals surface area contributed by atoms with Gasteiger partial charge in [0.25, 0.3) is 0 Å². The minimum absolute atomic E-state index is 0.179. The van der Waals surface area contributed by atoms with Crippen LogP contribution in [0.5, 0.6) is 0 Å². The molecule has 2 aliphatic carbocycles. The Morgan fingerprint density at radius 1 is 1.04 bits per heavy atom. The second-order valence-electron chi connectivity index (χ2n) is 8.24. The zero-order chi connectivity index (χ0) is 18.4. The van der Waals surface area contributed by atoms with E-state index in [9.17, 15) is 4.39 Å². The zero-order valence-electron chi connectivity index (χ0n) is 15.8. The van der Waals surface area contributed by atoms with Crippen molar-refractivity contribution >= 4 is 11.6 Å². The average Bonchev–Trinajstić information content (AvgIpc) is 2.68. The molecule has 0 unspecified atom stereocenters. The Balaban J connectivity index is 1.36. The van der Waals surface area contributed by atoms with E-state index in [1.165, 1.54) is 57.4 Å². The van der Waals surface area contributed by atoms with Crippen LogP contribution < -0.4 is 0 Å². The predicted molar refractivity (Wildman–Crippen MR) is 107 cm³/mol. The van der Waals surface area contributed by atoms with Gasteiger partial charge in [-0.1, -0.05) is 36.6 Å². The topological polar surface area (TPSA) is 9.23 Å². The van der Waals surface area contributed by atoms with Gasteiger partial charge in [-0.15, -0.1) is 6.58 Å². The lowest BCUT2D eigenvalue weighted by Crippen LogP contribution is -2.28. The molecule has 2 aliphatic rings. The van der Waals surface area contributed by atoms with Gasteiger partial charge in [-0.2, -0.15) is 0 Å². The molecule has 0 bridgehead atoms. The number of hydrogen-bond donors (Lipinski definition) is 0. The molecule has 0 saturated heterocycles. The van der Waals surface area contributed by atoms with Gasteiger partial charge < -0.3 is 4.74 Å². The Morgan fingerprint density at radius 2 is 1.69 bits per heavy atom. The fraction of sp³-hybridized carbons (Fsp3) is 0.652. The van der Waals surface area contributed by atoms with Crippen LogP contribution in [-0.4, -0.2) is 6.10 Å². The van der Waals surface area contributed by atoms with E-state index in [4.69, 9.17) is 16.3 Å².